The fourth-order valence-corrected chi connectivity index (χ4v) is 2.99. The molecule has 0 aromatic heterocycles. The van der Waals surface area contributed by atoms with Gasteiger partial charge in [-0.15, -0.1) is 0 Å². The van der Waals surface area contributed by atoms with Crippen molar-refractivity contribution in [1.29, 1.82) is 0 Å². The van der Waals surface area contributed by atoms with Crippen LogP contribution in [0.15, 0.2) is 53.6 Å². The molecule has 0 bridgehead atoms. The van der Waals surface area contributed by atoms with Gasteiger partial charge in [0.1, 0.15) is 5.75 Å². The van der Waals surface area contributed by atoms with Gasteiger partial charge < -0.3 is 20.1 Å². The first-order valence-corrected chi connectivity index (χ1v) is 10.3. The summed E-state index contributed by atoms with van der Waals surface area (Å²) in [7, 11) is 0. The number of hydrazone groups is 1. The van der Waals surface area contributed by atoms with Crippen molar-refractivity contribution in [2.75, 3.05) is 25.1 Å². The molecule has 1 fully saturated rings. The molecule has 0 saturated carbocycles. The minimum Gasteiger partial charge on any atom is -0.484 e. The second kappa shape index (κ2) is 11.6. The normalized spacial score (nSPS) is 15.3. The van der Waals surface area contributed by atoms with Gasteiger partial charge in [-0.05, 0) is 61.2 Å². The van der Waals surface area contributed by atoms with Crippen LogP contribution in [0, 0.1) is 6.92 Å². The molecule has 3 rings (SSSR count). The number of carbonyl (C=O) groups excluding carboxylic acids is 3. The predicted octanol–water partition coefficient (Wildman–Crippen LogP) is 1.76. The van der Waals surface area contributed by atoms with E-state index in [9.17, 15) is 14.4 Å². The number of para-hydroxylation sites is 1. The van der Waals surface area contributed by atoms with Crippen molar-refractivity contribution in [3.05, 3.63) is 59.7 Å². The Morgan fingerprint density at radius 3 is 2.62 bits per heavy atom. The SMILES string of the molecule is Cc1ccccc1NC(=O)C(=O)N/N=C\c1ccc(OCC(=O)NC[C@@H]2CCCO2)cc1. The number of anilines is 1. The third kappa shape index (κ3) is 7.21. The van der Waals surface area contributed by atoms with Gasteiger partial charge in [0.05, 0.1) is 12.3 Å². The molecule has 3 N–H and O–H groups in total. The highest BCUT2D eigenvalue weighted by Gasteiger charge is 2.16. The van der Waals surface area contributed by atoms with E-state index in [0.717, 1.165) is 25.0 Å². The highest BCUT2D eigenvalue weighted by Crippen LogP contribution is 2.13. The van der Waals surface area contributed by atoms with Gasteiger partial charge in [-0.2, -0.15) is 5.10 Å². The standard InChI is InChI=1S/C23H26N4O5/c1-16-5-2-3-7-20(16)26-22(29)23(30)27-25-13-17-8-10-18(11-9-17)32-15-21(28)24-14-19-6-4-12-31-19/h2-3,5,7-11,13,19H,4,6,12,14-15H2,1H3,(H,24,28)(H,26,29)(H,27,30)/b25-13-/t19-/m0/s1. The third-order valence-electron chi connectivity index (χ3n) is 4.78. The number of amides is 3. The molecule has 9 nitrogen and oxygen atoms in total. The molecular weight excluding hydrogens is 412 g/mol. The molecule has 168 valence electrons. The number of rotatable bonds is 8. The lowest BCUT2D eigenvalue weighted by Crippen LogP contribution is -2.35. The maximum atomic E-state index is 11.9. The number of hydrogen-bond acceptors (Lipinski definition) is 6. The Labute approximate surface area is 186 Å². The zero-order valence-corrected chi connectivity index (χ0v) is 17.8. The van der Waals surface area contributed by atoms with E-state index in [4.69, 9.17) is 9.47 Å². The lowest BCUT2D eigenvalue weighted by atomic mass is 10.2. The second-order valence-electron chi connectivity index (χ2n) is 7.26. The predicted molar refractivity (Wildman–Crippen MR) is 119 cm³/mol. The number of aryl methyl sites for hydroxylation is 1. The van der Waals surface area contributed by atoms with Crippen LogP contribution in [-0.4, -0.2) is 49.8 Å². The monoisotopic (exact) mass is 438 g/mol. The Balaban J connectivity index is 1.38. The quantitative estimate of drug-likeness (QED) is 0.330. The molecule has 1 aliphatic heterocycles. The average Bonchev–Trinajstić information content (AvgIpc) is 3.32. The van der Waals surface area contributed by atoms with Gasteiger partial charge in [-0.25, -0.2) is 5.43 Å². The molecule has 1 aliphatic rings. The molecule has 2 aromatic carbocycles. The van der Waals surface area contributed by atoms with Crippen LogP contribution in [0.1, 0.15) is 24.0 Å². The fraction of sp³-hybridized carbons (Fsp3) is 0.304. The maximum absolute atomic E-state index is 11.9. The summed E-state index contributed by atoms with van der Waals surface area (Å²) >= 11 is 0. The van der Waals surface area contributed by atoms with Crippen molar-refractivity contribution in [1.82, 2.24) is 10.7 Å². The van der Waals surface area contributed by atoms with Crippen LogP contribution >= 0.6 is 0 Å². The zero-order valence-electron chi connectivity index (χ0n) is 17.8. The van der Waals surface area contributed by atoms with Gasteiger partial charge in [0.25, 0.3) is 5.91 Å². The molecule has 32 heavy (non-hydrogen) atoms. The largest absolute Gasteiger partial charge is 0.484 e. The molecule has 0 radical (unpaired) electrons. The van der Waals surface area contributed by atoms with Crippen molar-refractivity contribution < 1.29 is 23.9 Å². The van der Waals surface area contributed by atoms with Crippen LogP contribution in [0.2, 0.25) is 0 Å². The first-order chi connectivity index (χ1) is 15.5. The van der Waals surface area contributed by atoms with Crippen LogP contribution in [0.25, 0.3) is 0 Å². The first-order valence-electron chi connectivity index (χ1n) is 10.3. The molecule has 1 atom stereocenters. The van der Waals surface area contributed by atoms with Gasteiger partial charge in [0.2, 0.25) is 0 Å². The van der Waals surface area contributed by atoms with E-state index in [0.29, 0.717) is 23.5 Å². The topological polar surface area (TPSA) is 118 Å². The van der Waals surface area contributed by atoms with Crippen molar-refractivity contribution in [2.24, 2.45) is 5.10 Å². The number of hydrogen-bond donors (Lipinski definition) is 3. The Bertz CT molecular complexity index is 969. The summed E-state index contributed by atoms with van der Waals surface area (Å²) in [4.78, 5) is 35.7. The van der Waals surface area contributed by atoms with E-state index < -0.39 is 11.8 Å². The number of ether oxygens (including phenoxy) is 2. The van der Waals surface area contributed by atoms with Crippen molar-refractivity contribution >= 4 is 29.6 Å². The second-order valence-corrected chi connectivity index (χ2v) is 7.26. The molecular formula is C23H26N4O5. The Morgan fingerprint density at radius 1 is 1.12 bits per heavy atom. The number of benzene rings is 2. The highest BCUT2D eigenvalue weighted by atomic mass is 16.5. The van der Waals surface area contributed by atoms with Crippen LogP contribution in [0.5, 0.6) is 5.75 Å². The third-order valence-corrected chi connectivity index (χ3v) is 4.78. The summed E-state index contributed by atoms with van der Waals surface area (Å²) in [5, 5.41) is 9.11. The summed E-state index contributed by atoms with van der Waals surface area (Å²) in [6.07, 6.45) is 3.47. The summed E-state index contributed by atoms with van der Waals surface area (Å²) in [6, 6.07) is 13.9. The minimum absolute atomic E-state index is 0.0894. The van der Waals surface area contributed by atoms with Gasteiger partial charge in [-0.3, -0.25) is 14.4 Å². The van der Waals surface area contributed by atoms with Crippen LogP contribution in [-0.2, 0) is 19.1 Å². The van der Waals surface area contributed by atoms with Gasteiger partial charge in [0, 0.05) is 18.8 Å². The summed E-state index contributed by atoms with van der Waals surface area (Å²) < 4.78 is 10.9. The smallest absolute Gasteiger partial charge is 0.329 e. The van der Waals surface area contributed by atoms with E-state index in [1.54, 1.807) is 36.4 Å². The zero-order chi connectivity index (χ0) is 22.8. The minimum atomic E-state index is -0.876. The van der Waals surface area contributed by atoms with Crippen molar-refractivity contribution in [2.45, 2.75) is 25.9 Å². The Hall–Kier alpha value is -3.72. The molecule has 3 amide bonds. The lowest BCUT2D eigenvalue weighted by molar-refractivity contribution is -0.136. The molecule has 2 aromatic rings. The average molecular weight is 438 g/mol. The van der Waals surface area contributed by atoms with Crippen LogP contribution in [0.3, 0.4) is 0 Å². The summed E-state index contributed by atoms with van der Waals surface area (Å²) in [6.45, 7) is 2.98. The highest BCUT2D eigenvalue weighted by molar-refractivity contribution is 6.39. The first kappa shape index (κ1) is 23.0. The van der Waals surface area contributed by atoms with Crippen LogP contribution < -0.4 is 20.8 Å². The van der Waals surface area contributed by atoms with Gasteiger partial charge in [-0.1, -0.05) is 18.2 Å². The number of nitrogens with zero attached hydrogens (tertiary/aromatic N) is 1. The number of carbonyl (C=O) groups is 3. The lowest BCUT2D eigenvalue weighted by Gasteiger charge is -2.11. The summed E-state index contributed by atoms with van der Waals surface area (Å²) in [5.74, 6) is -1.37. The van der Waals surface area contributed by atoms with Crippen molar-refractivity contribution in [3.63, 3.8) is 0 Å². The van der Waals surface area contributed by atoms with E-state index in [1.807, 2.05) is 19.1 Å². The maximum Gasteiger partial charge on any atom is 0.329 e. The fourth-order valence-electron chi connectivity index (χ4n) is 2.99. The Kier molecular flexibility index (Phi) is 8.33. The summed E-state index contributed by atoms with van der Waals surface area (Å²) in [5.41, 5.74) is 4.28. The van der Waals surface area contributed by atoms with E-state index in [2.05, 4.69) is 21.2 Å². The van der Waals surface area contributed by atoms with Gasteiger partial charge >= 0.3 is 11.8 Å². The molecule has 1 saturated heterocycles. The van der Waals surface area contributed by atoms with E-state index in [1.165, 1.54) is 6.21 Å². The number of nitrogens with one attached hydrogen (secondary N) is 3. The molecule has 9 heteroatoms. The van der Waals surface area contributed by atoms with Gasteiger partial charge in [0.15, 0.2) is 6.61 Å². The molecule has 0 spiro atoms. The van der Waals surface area contributed by atoms with Crippen LogP contribution in [0.4, 0.5) is 5.69 Å². The molecule has 1 heterocycles. The van der Waals surface area contributed by atoms with E-state index in [-0.39, 0.29) is 18.6 Å². The van der Waals surface area contributed by atoms with E-state index >= 15 is 0 Å². The van der Waals surface area contributed by atoms with Crippen molar-refractivity contribution in [3.8, 4) is 5.75 Å². The molecule has 0 aliphatic carbocycles. The molecule has 0 unspecified atom stereocenters. The Morgan fingerprint density at radius 2 is 1.91 bits per heavy atom.